The minimum Gasteiger partial charge on any atom is -0.434 e. The number of nitrogens with zero attached hydrogens (tertiary/aromatic N) is 1. The molecule has 3 rings (SSSR count). The molecule has 3 N–H and O–H groups in total. The Morgan fingerprint density at radius 2 is 1.88 bits per heavy atom. The van der Waals surface area contributed by atoms with E-state index in [1.165, 1.54) is 16.7 Å². The van der Waals surface area contributed by atoms with E-state index in [0.717, 1.165) is 0 Å². The van der Waals surface area contributed by atoms with Crippen LogP contribution >= 0.6 is 11.8 Å². The maximum atomic E-state index is 12.8. The summed E-state index contributed by atoms with van der Waals surface area (Å²) in [6.07, 6.45) is -0.301. The van der Waals surface area contributed by atoms with Crippen molar-refractivity contribution in [3.8, 4) is 0 Å². The van der Waals surface area contributed by atoms with Gasteiger partial charge in [0.1, 0.15) is 23.5 Å². The minimum atomic E-state index is -0.935. The SMILES string of the molecule is CCCOC(=O)OCOC(=O)[C@@H]1N2C(=O)[C@@H](NC(=O)C(N)c3ccccc3)[C@H]2SC1(C)C. The average Bonchev–Trinajstić information content (AvgIpc) is 3.03. The topological polar surface area (TPSA) is 137 Å². The number of ether oxygens (including phenoxy) is 3. The van der Waals surface area contributed by atoms with Gasteiger partial charge in [-0.1, -0.05) is 37.3 Å². The number of amides is 2. The first-order valence-electron chi connectivity index (χ1n) is 10.2. The monoisotopic (exact) mass is 465 g/mol. The van der Waals surface area contributed by atoms with E-state index < -0.39 is 59.0 Å². The summed E-state index contributed by atoms with van der Waals surface area (Å²) >= 11 is 1.38. The highest BCUT2D eigenvalue weighted by atomic mass is 32.2. The Bertz CT molecular complexity index is 879. The zero-order valence-electron chi connectivity index (χ0n) is 18.1. The molecular formula is C21H27N3O7S. The summed E-state index contributed by atoms with van der Waals surface area (Å²) in [6, 6.07) is 6.24. The second-order valence-electron chi connectivity index (χ2n) is 7.96. The third-order valence-corrected chi connectivity index (χ3v) is 6.78. The van der Waals surface area contributed by atoms with E-state index in [1.54, 1.807) is 38.1 Å². The van der Waals surface area contributed by atoms with Crippen molar-refractivity contribution in [1.82, 2.24) is 10.2 Å². The summed E-state index contributed by atoms with van der Waals surface area (Å²) in [5, 5.41) is 2.26. The molecule has 2 fully saturated rings. The number of benzene rings is 1. The van der Waals surface area contributed by atoms with Crippen molar-refractivity contribution >= 4 is 35.7 Å². The van der Waals surface area contributed by atoms with E-state index in [-0.39, 0.29) is 6.61 Å². The highest BCUT2D eigenvalue weighted by molar-refractivity contribution is 8.01. The van der Waals surface area contributed by atoms with Gasteiger partial charge in [-0.2, -0.15) is 0 Å². The van der Waals surface area contributed by atoms with Gasteiger partial charge in [0.2, 0.25) is 18.6 Å². The molecule has 1 aromatic carbocycles. The van der Waals surface area contributed by atoms with Crippen molar-refractivity contribution in [3.05, 3.63) is 35.9 Å². The number of esters is 1. The predicted octanol–water partition coefficient (Wildman–Crippen LogP) is 1.30. The van der Waals surface area contributed by atoms with Gasteiger partial charge in [-0.25, -0.2) is 9.59 Å². The number of carbonyl (C=O) groups excluding carboxylic acids is 4. The second kappa shape index (κ2) is 9.78. The molecule has 174 valence electrons. The standard InChI is InChI=1S/C21H27N3O7S/c1-4-10-29-20(28)31-11-30-19(27)15-21(2,3)32-18-14(17(26)24(15)18)23-16(25)13(22)12-8-6-5-7-9-12/h5-9,13-15,18H,4,10-11,22H2,1-3H3,(H,23,25)/t13?,14-,15+,18-/m1/s1. The van der Waals surface area contributed by atoms with Crippen molar-refractivity contribution in [2.45, 2.75) is 55.4 Å². The summed E-state index contributed by atoms with van der Waals surface area (Å²) in [5.41, 5.74) is 6.65. The number of rotatable bonds is 8. The van der Waals surface area contributed by atoms with Crippen LogP contribution in [0.25, 0.3) is 0 Å². The molecule has 11 heteroatoms. The molecule has 0 radical (unpaired) electrons. The quantitative estimate of drug-likeness (QED) is 0.330. The molecule has 10 nitrogen and oxygen atoms in total. The zero-order valence-corrected chi connectivity index (χ0v) is 18.9. The summed E-state index contributed by atoms with van der Waals surface area (Å²) in [5.74, 6) is -1.57. The van der Waals surface area contributed by atoms with Crippen LogP contribution in [0.1, 0.15) is 38.8 Å². The summed E-state index contributed by atoms with van der Waals surface area (Å²) in [4.78, 5) is 50.7. The number of nitrogens with one attached hydrogen (secondary N) is 1. The molecule has 2 aliphatic rings. The van der Waals surface area contributed by atoms with Crippen molar-refractivity contribution in [2.24, 2.45) is 5.73 Å². The van der Waals surface area contributed by atoms with Gasteiger partial charge < -0.3 is 30.2 Å². The van der Waals surface area contributed by atoms with Crippen molar-refractivity contribution in [2.75, 3.05) is 13.4 Å². The minimum absolute atomic E-state index is 0.198. The van der Waals surface area contributed by atoms with Crippen LogP contribution in [0.15, 0.2) is 30.3 Å². The molecule has 4 atom stereocenters. The molecule has 2 heterocycles. The van der Waals surface area contributed by atoms with Gasteiger partial charge in [-0.3, -0.25) is 9.59 Å². The van der Waals surface area contributed by atoms with Crippen LogP contribution in [0, 0.1) is 0 Å². The van der Waals surface area contributed by atoms with Crippen LogP contribution < -0.4 is 11.1 Å². The first-order chi connectivity index (χ1) is 15.2. The smallest absolute Gasteiger partial charge is 0.434 e. The zero-order chi connectivity index (χ0) is 23.5. The van der Waals surface area contributed by atoms with Gasteiger partial charge in [-0.05, 0) is 25.8 Å². The molecule has 1 aromatic rings. The molecule has 2 aliphatic heterocycles. The van der Waals surface area contributed by atoms with Crippen LogP contribution in [0.3, 0.4) is 0 Å². The second-order valence-corrected chi connectivity index (χ2v) is 9.73. The number of β-lactam (4-membered cyclic amide) rings is 1. The fourth-order valence-corrected chi connectivity index (χ4v) is 5.24. The first kappa shape index (κ1) is 23.9. The van der Waals surface area contributed by atoms with Gasteiger partial charge in [0, 0.05) is 4.75 Å². The molecule has 2 amide bonds. The van der Waals surface area contributed by atoms with E-state index in [0.29, 0.717) is 12.0 Å². The highest BCUT2D eigenvalue weighted by Gasteiger charge is 2.64. The molecule has 1 unspecified atom stereocenters. The van der Waals surface area contributed by atoms with E-state index >= 15 is 0 Å². The van der Waals surface area contributed by atoms with Gasteiger partial charge in [0.25, 0.3) is 0 Å². The van der Waals surface area contributed by atoms with Crippen LogP contribution in [0.4, 0.5) is 4.79 Å². The lowest BCUT2D eigenvalue weighted by Gasteiger charge is -2.44. The Hall–Kier alpha value is -2.79. The fraction of sp³-hybridized carbons (Fsp3) is 0.524. The predicted molar refractivity (Wildman–Crippen MR) is 115 cm³/mol. The fourth-order valence-electron chi connectivity index (χ4n) is 3.62. The van der Waals surface area contributed by atoms with E-state index in [4.69, 9.17) is 19.9 Å². The van der Waals surface area contributed by atoms with E-state index in [1.807, 2.05) is 13.0 Å². The lowest BCUT2D eigenvalue weighted by Crippen LogP contribution is -2.71. The number of nitrogens with two attached hydrogens (primary N) is 1. The maximum Gasteiger partial charge on any atom is 0.511 e. The summed E-state index contributed by atoms with van der Waals surface area (Å²) in [6.45, 7) is 5.03. The molecular weight excluding hydrogens is 438 g/mol. The molecule has 0 spiro atoms. The molecule has 0 aromatic heterocycles. The number of carbonyl (C=O) groups is 4. The normalized spacial score (nSPS) is 24.1. The summed E-state index contributed by atoms with van der Waals surface area (Å²) in [7, 11) is 0. The Kier molecular flexibility index (Phi) is 7.29. The third kappa shape index (κ3) is 4.83. The Morgan fingerprint density at radius 3 is 2.53 bits per heavy atom. The van der Waals surface area contributed by atoms with E-state index in [9.17, 15) is 19.2 Å². The van der Waals surface area contributed by atoms with Gasteiger partial charge in [-0.15, -0.1) is 11.8 Å². The summed E-state index contributed by atoms with van der Waals surface area (Å²) < 4.78 is 13.8. The molecule has 0 aliphatic carbocycles. The molecule has 2 saturated heterocycles. The Morgan fingerprint density at radius 1 is 1.19 bits per heavy atom. The highest BCUT2D eigenvalue weighted by Crippen LogP contribution is 2.51. The lowest BCUT2D eigenvalue weighted by molar-refractivity contribution is -0.170. The van der Waals surface area contributed by atoms with Crippen molar-refractivity contribution in [1.29, 1.82) is 0 Å². The number of thioether (sulfide) groups is 1. The number of hydrogen-bond acceptors (Lipinski definition) is 9. The molecule has 32 heavy (non-hydrogen) atoms. The molecule has 0 saturated carbocycles. The van der Waals surface area contributed by atoms with Crippen molar-refractivity contribution < 1.29 is 33.4 Å². The average molecular weight is 466 g/mol. The van der Waals surface area contributed by atoms with Crippen LogP contribution in [0.2, 0.25) is 0 Å². The van der Waals surface area contributed by atoms with Gasteiger partial charge in [0.05, 0.1) is 6.61 Å². The number of fused-ring (bicyclic) bond motifs is 1. The van der Waals surface area contributed by atoms with Crippen LogP contribution in [-0.4, -0.2) is 64.4 Å². The van der Waals surface area contributed by atoms with Crippen LogP contribution in [0.5, 0.6) is 0 Å². The first-order valence-corrected chi connectivity index (χ1v) is 11.1. The number of hydrogen-bond donors (Lipinski definition) is 2. The largest absolute Gasteiger partial charge is 0.511 e. The third-order valence-electron chi connectivity index (χ3n) is 5.21. The Labute approximate surface area is 190 Å². The van der Waals surface area contributed by atoms with Gasteiger partial charge in [0.15, 0.2) is 0 Å². The maximum absolute atomic E-state index is 12.8. The Balaban J connectivity index is 1.58. The lowest BCUT2D eigenvalue weighted by atomic mass is 9.95. The van der Waals surface area contributed by atoms with Gasteiger partial charge >= 0.3 is 12.1 Å². The van der Waals surface area contributed by atoms with E-state index in [2.05, 4.69) is 5.32 Å². The van der Waals surface area contributed by atoms with Crippen LogP contribution in [-0.2, 0) is 28.6 Å². The van der Waals surface area contributed by atoms with Crippen molar-refractivity contribution in [3.63, 3.8) is 0 Å². The molecule has 0 bridgehead atoms.